The van der Waals surface area contributed by atoms with E-state index in [2.05, 4.69) is 5.32 Å². The molecule has 3 atom stereocenters. The van der Waals surface area contributed by atoms with Crippen LogP contribution in [0.1, 0.15) is 19.3 Å². The first-order valence-electron chi connectivity index (χ1n) is 6.58. The molecular formula is C12H20N4O3. The van der Waals surface area contributed by atoms with Crippen LogP contribution in [0.15, 0.2) is 0 Å². The molecule has 2 rings (SSSR count). The van der Waals surface area contributed by atoms with E-state index in [-0.39, 0.29) is 25.0 Å². The van der Waals surface area contributed by atoms with Gasteiger partial charge in [0.2, 0.25) is 17.7 Å². The summed E-state index contributed by atoms with van der Waals surface area (Å²) in [5.74, 6) is -0.702. The van der Waals surface area contributed by atoms with Crippen molar-refractivity contribution in [2.45, 2.75) is 25.3 Å². The molecule has 5 N–H and O–H groups in total. The average molecular weight is 268 g/mol. The molecule has 2 fully saturated rings. The van der Waals surface area contributed by atoms with Gasteiger partial charge in [-0.2, -0.15) is 0 Å². The van der Waals surface area contributed by atoms with Crippen LogP contribution < -0.4 is 16.8 Å². The van der Waals surface area contributed by atoms with Crippen LogP contribution in [0.3, 0.4) is 0 Å². The molecule has 2 aliphatic rings. The summed E-state index contributed by atoms with van der Waals surface area (Å²) in [6.45, 7) is 0.288. The predicted molar refractivity (Wildman–Crippen MR) is 67.6 cm³/mol. The number of nitrogens with one attached hydrogen (secondary N) is 1. The zero-order valence-electron chi connectivity index (χ0n) is 10.8. The molecule has 7 heteroatoms. The number of rotatable bonds is 5. The Bertz CT molecular complexity index is 382. The second kappa shape index (κ2) is 5.56. The normalized spacial score (nSPS) is 28.9. The second-order valence-corrected chi connectivity index (χ2v) is 5.37. The lowest BCUT2D eigenvalue weighted by molar-refractivity contribution is -0.140. The molecule has 0 radical (unpaired) electrons. The molecule has 3 amide bonds. The summed E-state index contributed by atoms with van der Waals surface area (Å²) in [4.78, 5) is 35.6. The van der Waals surface area contributed by atoms with Crippen LogP contribution in [-0.4, -0.2) is 48.3 Å². The maximum absolute atomic E-state index is 12.4. The Kier molecular flexibility index (Phi) is 4.04. The van der Waals surface area contributed by atoms with Crippen LogP contribution in [0, 0.1) is 11.8 Å². The predicted octanol–water partition coefficient (Wildman–Crippen LogP) is -1.83. The van der Waals surface area contributed by atoms with E-state index < -0.39 is 11.8 Å². The highest BCUT2D eigenvalue weighted by molar-refractivity contribution is 5.91. The molecule has 0 aromatic carbocycles. The van der Waals surface area contributed by atoms with Gasteiger partial charge in [0, 0.05) is 0 Å². The van der Waals surface area contributed by atoms with Gasteiger partial charge >= 0.3 is 0 Å². The summed E-state index contributed by atoms with van der Waals surface area (Å²) in [5.41, 5.74) is 10.2. The van der Waals surface area contributed by atoms with Gasteiger partial charge in [-0.05, 0) is 31.2 Å². The first-order valence-corrected chi connectivity index (χ1v) is 6.58. The number of hydrogen-bond acceptors (Lipinski definition) is 4. The zero-order chi connectivity index (χ0) is 14.0. The van der Waals surface area contributed by atoms with Crippen LogP contribution in [0.2, 0.25) is 0 Å². The Hall–Kier alpha value is -1.63. The fourth-order valence-electron chi connectivity index (χ4n) is 3.24. The summed E-state index contributed by atoms with van der Waals surface area (Å²) < 4.78 is 0. The Morgan fingerprint density at radius 3 is 2.32 bits per heavy atom. The highest BCUT2D eigenvalue weighted by Crippen LogP contribution is 2.38. The molecule has 0 bridgehead atoms. The summed E-state index contributed by atoms with van der Waals surface area (Å²) in [7, 11) is 0. The van der Waals surface area contributed by atoms with Gasteiger partial charge in [0.1, 0.15) is 0 Å². The van der Waals surface area contributed by atoms with Crippen molar-refractivity contribution >= 4 is 17.7 Å². The molecule has 7 nitrogen and oxygen atoms in total. The Morgan fingerprint density at radius 2 is 1.74 bits per heavy atom. The molecule has 1 saturated carbocycles. The first-order chi connectivity index (χ1) is 8.99. The lowest BCUT2D eigenvalue weighted by Crippen LogP contribution is -2.51. The highest BCUT2D eigenvalue weighted by Gasteiger charge is 2.44. The molecule has 1 saturated heterocycles. The van der Waals surface area contributed by atoms with Crippen LogP contribution in [-0.2, 0) is 14.4 Å². The number of amides is 3. The van der Waals surface area contributed by atoms with Gasteiger partial charge in [-0.3, -0.25) is 14.4 Å². The van der Waals surface area contributed by atoms with E-state index in [9.17, 15) is 14.4 Å². The minimum atomic E-state index is -0.643. The summed E-state index contributed by atoms with van der Waals surface area (Å²) in [6.07, 6.45) is 3.27. The smallest absolute Gasteiger partial charge is 0.240 e. The largest absolute Gasteiger partial charge is 0.368 e. The zero-order valence-corrected chi connectivity index (χ0v) is 10.8. The van der Waals surface area contributed by atoms with Crippen LogP contribution >= 0.6 is 0 Å². The van der Waals surface area contributed by atoms with Crippen molar-refractivity contribution in [3.8, 4) is 0 Å². The lowest BCUT2D eigenvalue weighted by atomic mass is 9.93. The third-order valence-electron chi connectivity index (χ3n) is 4.02. The highest BCUT2D eigenvalue weighted by atomic mass is 16.2. The Labute approximate surface area is 111 Å². The minimum Gasteiger partial charge on any atom is -0.368 e. The maximum atomic E-state index is 12.4. The maximum Gasteiger partial charge on any atom is 0.240 e. The van der Waals surface area contributed by atoms with Crippen molar-refractivity contribution in [3.63, 3.8) is 0 Å². The van der Waals surface area contributed by atoms with Crippen LogP contribution in [0.5, 0.6) is 0 Å². The molecule has 1 heterocycles. The van der Waals surface area contributed by atoms with Gasteiger partial charge < -0.3 is 21.7 Å². The fourth-order valence-corrected chi connectivity index (χ4v) is 3.24. The molecule has 1 aliphatic carbocycles. The van der Waals surface area contributed by atoms with Crippen LogP contribution in [0.4, 0.5) is 0 Å². The number of hydrogen-bond donors (Lipinski definition) is 3. The monoisotopic (exact) mass is 268 g/mol. The van der Waals surface area contributed by atoms with E-state index >= 15 is 0 Å². The van der Waals surface area contributed by atoms with Gasteiger partial charge in [-0.25, -0.2) is 0 Å². The topological polar surface area (TPSA) is 119 Å². The van der Waals surface area contributed by atoms with Crippen molar-refractivity contribution in [2.75, 3.05) is 19.6 Å². The summed E-state index contributed by atoms with van der Waals surface area (Å²) >= 11 is 0. The molecular weight excluding hydrogens is 248 g/mol. The van der Waals surface area contributed by atoms with E-state index in [1.807, 2.05) is 0 Å². The minimum absolute atomic E-state index is 0.244. The third kappa shape index (κ3) is 3.04. The number of nitrogens with two attached hydrogens (primary N) is 2. The van der Waals surface area contributed by atoms with Crippen molar-refractivity contribution in [1.82, 2.24) is 10.2 Å². The van der Waals surface area contributed by atoms with Gasteiger partial charge in [0.05, 0.1) is 19.1 Å². The van der Waals surface area contributed by atoms with Crippen molar-refractivity contribution in [2.24, 2.45) is 23.3 Å². The molecule has 0 spiro atoms. The number of fused-ring (bicyclic) bond motifs is 1. The van der Waals surface area contributed by atoms with Crippen LogP contribution in [0.25, 0.3) is 0 Å². The molecule has 0 aromatic heterocycles. The Balaban J connectivity index is 2.05. The van der Waals surface area contributed by atoms with E-state index in [1.54, 1.807) is 0 Å². The fraction of sp³-hybridized carbons (Fsp3) is 0.750. The standard InChI is InChI=1S/C12H20N4O3/c13-9(17)5-16(6-10(14)18)12(19)11-8-3-1-2-7(8)4-15-11/h7-8,11,15H,1-6H2,(H2,13,17)(H2,14,18). The average Bonchev–Trinajstić information content (AvgIpc) is 2.87. The lowest BCUT2D eigenvalue weighted by Gasteiger charge is -2.26. The SMILES string of the molecule is NC(=O)CN(CC(N)=O)C(=O)C1NCC2CCCC21. The molecule has 0 aromatic rings. The number of primary amides is 2. The number of nitrogens with zero attached hydrogens (tertiary/aromatic N) is 1. The number of carbonyl (C=O) groups excluding carboxylic acids is 3. The second-order valence-electron chi connectivity index (χ2n) is 5.37. The first kappa shape index (κ1) is 13.8. The summed E-state index contributed by atoms with van der Waals surface area (Å²) in [6, 6.07) is -0.314. The number of carbonyl (C=O) groups is 3. The third-order valence-corrected chi connectivity index (χ3v) is 4.02. The van der Waals surface area contributed by atoms with Crippen molar-refractivity contribution < 1.29 is 14.4 Å². The van der Waals surface area contributed by atoms with Gasteiger partial charge in [-0.1, -0.05) is 6.42 Å². The van der Waals surface area contributed by atoms with E-state index in [4.69, 9.17) is 11.5 Å². The Morgan fingerprint density at radius 1 is 1.11 bits per heavy atom. The van der Waals surface area contributed by atoms with E-state index in [0.717, 1.165) is 30.7 Å². The van der Waals surface area contributed by atoms with Gasteiger partial charge in [0.25, 0.3) is 0 Å². The molecule has 3 unspecified atom stereocenters. The van der Waals surface area contributed by atoms with E-state index in [1.165, 1.54) is 0 Å². The van der Waals surface area contributed by atoms with Crippen molar-refractivity contribution in [3.05, 3.63) is 0 Å². The quantitative estimate of drug-likeness (QED) is 0.543. The summed E-state index contributed by atoms with van der Waals surface area (Å²) in [5, 5.41) is 3.19. The van der Waals surface area contributed by atoms with Gasteiger partial charge in [0.15, 0.2) is 0 Å². The molecule has 106 valence electrons. The van der Waals surface area contributed by atoms with Gasteiger partial charge in [-0.15, -0.1) is 0 Å². The van der Waals surface area contributed by atoms with Crippen molar-refractivity contribution in [1.29, 1.82) is 0 Å². The molecule has 1 aliphatic heterocycles. The molecule has 19 heavy (non-hydrogen) atoms. The van der Waals surface area contributed by atoms with E-state index in [0.29, 0.717) is 11.8 Å².